The van der Waals surface area contributed by atoms with Gasteiger partial charge in [-0.05, 0) is 32.7 Å². The molecule has 5 nitrogen and oxygen atoms in total. The molecule has 1 amide bonds. The highest BCUT2D eigenvalue weighted by molar-refractivity contribution is 5.83. The van der Waals surface area contributed by atoms with E-state index in [2.05, 4.69) is 5.32 Å². The molecule has 1 heterocycles. The van der Waals surface area contributed by atoms with Crippen LogP contribution in [0.15, 0.2) is 0 Å². The average Bonchev–Trinajstić information content (AvgIpc) is 2.43. The summed E-state index contributed by atoms with van der Waals surface area (Å²) in [7, 11) is 1.40. The van der Waals surface area contributed by atoms with Crippen LogP contribution in [0.1, 0.15) is 39.5 Å². The molecule has 0 aromatic rings. The summed E-state index contributed by atoms with van der Waals surface area (Å²) in [6.45, 7) is 5.33. The summed E-state index contributed by atoms with van der Waals surface area (Å²) in [5.74, 6) is -0.238. The Morgan fingerprint density at radius 2 is 2.17 bits per heavy atom. The quantitative estimate of drug-likeness (QED) is 0.743. The monoisotopic (exact) mass is 256 g/mol. The summed E-state index contributed by atoms with van der Waals surface area (Å²) in [6, 6.07) is -0.549. The summed E-state index contributed by atoms with van der Waals surface area (Å²) >= 11 is 0. The van der Waals surface area contributed by atoms with Crippen molar-refractivity contribution in [2.45, 2.75) is 51.6 Å². The van der Waals surface area contributed by atoms with Crippen molar-refractivity contribution in [2.24, 2.45) is 0 Å². The van der Waals surface area contributed by atoms with Crippen molar-refractivity contribution in [2.75, 3.05) is 20.2 Å². The van der Waals surface area contributed by atoms with Gasteiger partial charge in [0.25, 0.3) is 0 Å². The highest BCUT2D eigenvalue weighted by Gasteiger charge is 2.34. The smallest absolute Gasteiger partial charge is 0.323 e. The summed E-state index contributed by atoms with van der Waals surface area (Å²) in [5, 5.41) is 2.87. The molecular weight excluding hydrogens is 232 g/mol. The maximum Gasteiger partial charge on any atom is 0.323 e. The molecule has 0 spiro atoms. The van der Waals surface area contributed by atoms with Crippen LogP contribution in [0.25, 0.3) is 0 Å². The second-order valence-corrected chi connectivity index (χ2v) is 4.74. The third-order valence-corrected chi connectivity index (χ3v) is 3.44. The average molecular weight is 256 g/mol. The van der Waals surface area contributed by atoms with Gasteiger partial charge in [0, 0.05) is 6.54 Å². The number of hydrogen-bond donors (Lipinski definition) is 1. The van der Waals surface area contributed by atoms with Gasteiger partial charge < -0.3 is 10.1 Å². The van der Waals surface area contributed by atoms with E-state index in [4.69, 9.17) is 4.74 Å². The molecule has 1 aliphatic rings. The lowest BCUT2D eigenvalue weighted by Gasteiger charge is -2.37. The van der Waals surface area contributed by atoms with Gasteiger partial charge >= 0.3 is 5.97 Å². The third kappa shape index (κ3) is 3.70. The molecule has 0 aromatic carbocycles. The van der Waals surface area contributed by atoms with Gasteiger partial charge in [-0.3, -0.25) is 14.5 Å². The van der Waals surface area contributed by atoms with Gasteiger partial charge in [-0.2, -0.15) is 0 Å². The van der Waals surface area contributed by atoms with Crippen molar-refractivity contribution in [3.8, 4) is 0 Å². The predicted octanol–water partition coefficient (Wildman–Crippen LogP) is 0.929. The number of carbonyl (C=O) groups excluding carboxylic acids is 2. The van der Waals surface area contributed by atoms with Crippen molar-refractivity contribution in [3.63, 3.8) is 0 Å². The zero-order valence-electron chi connectivity index (χ0n) is 11.6. The highest BCUT2D eigenvalue weighted by atomic mass is 16.5. The normalized spacial score (nSPS) is 22.3. The third-order valence-electron chi connectivity index (χ3n) is 3.44. The number of ether oxygens (including phenoxy) is 1. The predicted molar refractivity (Wildman–Crippen MR) is 69.1 cm³/mol. The number of methoxy groups -OCH3 is 1. The molecule has 0 radical (unpaired) electrons. The fraction of sp³-hybridized carbons (Fsp3) is 0.846. The first-order valence-electron chi connectivity index (χ1n) is 6.73. The number of rotatable bonds is 5. The molecule has 1 N–H and O–H groups in total. The Balaban J connectivity index is 2.64. The van der Waals surface area contributed by atoms with Crippen LogP contribution in [-0.4, -0.2) is 49.1 Å². The summed E-state index contributed by atoms with van der Waals surface area (Å²) < 4.78 is 4.82. The zero-order chi connectivity index (χ0) is 13.5. The van der Waals surface area contributed by atoms with Gasteiger partial charge in [-0.1, -0.05) is 13.3 Å². The summed E-state index contributed by atoms with van der Waals surface area (Å²) in [5.41, 5.74) is 0. The van der Waals surface area contributed by atoms with Crippen LogP contribution >= 0.6 is 0 Å². The van der Waals surface area contributed by atoms with Crippen molar-refractivity contribution >= 4 is 11.9 Å². The van der Waals surface area contributed by atoms with Crippen molar-refractivity contribution in [1.82, 2.24) is 10.2 Å². The molecule has 0 aromatic heterocycles. The van der Waals surface area contributed by atoms with Crippen LogP contribution in [0.4, 0.5) is 0 Å². The van der Waals surface area contributed by atoms with E-state index in [1.807, 2.05) is 18.7 Å². The van der Waals surface area contributed by atoms with Crippen LogP contribution in [0, 0.1) is 0 Å². The van der Waals surface area contributed by atoms with Crippen molar-refractivity contribution in [1.29, 1.82) is 0 Å². The lowest BCUT2D eigenvalue weighted by molar-refractivity contribution is -0.150. The minimum atomic E-state index is -0.277. The maximum atomic E-state index is 12.0. The number of likely N-dealkylation sites (tertiary alicyclic amines) is 1. The Labute approximate surface area is 109 Å². The van der Waals surface area contributed by atoms with Gasteiger partial charge in [0.15, 0.2) is 0 Å². The number of carbonyl (C=O) groups is 2. The first kappa shape index (κ1) is 15.0. The number of nitrogens with zero attached hydrogens (tertiary/aromatic N) is 1. The lowest BCUT2D eigenvalue weighted by atomic mass is 10.00. The fourth-order valence-electron chi connectivity index (χ4n) is 2.35. The molecule has 1 rings (SSSR count). The standard InChI is InChI=1S/C13H24N2O3/c1-4-8-14-12(16)10(2)15-9-6-5-7-11(15)13(17)18-3/h10-11H,4-9H2,1-3H3,(H,14,16)/t10?,11-/m1/s1. The van der Waals surface area contributed by atoms with E-state index in [9.17, 15) is 9.59 Å². The van der Waals surface area contributed by atoms with E-state index in [-0.39, 0.29) is 24.0 Å². The molecular formula is C13H24N2O3. The number of amides is 1. The van der Waals surface area contributed by atoms with Gasteiger partial charge in [0.2, 0.25) is 5.91 Å². The Morgan fingerprint density at radius 1 is 1.44 bits per heavy atom. The minimum Gasteiger partial charge on any atom is -0.468 e. The van der Waals surface area contributed by atoms with Gasteiger partial charge in [0.05, 0.1) is 13.2 Å². The highest BCUT2D eigenvalue weighted by Crippen LogP contribution is 2.20. The topological polar surface area (TPSA) is 58.6 Å². The maximum absolute atomic E-state index is 12.0. The molecule has 18 heavy (non-hydrogen) atoms. The minimum absolute atomic E-state index is 0.00680. The molecule has 0 saturated carbocycles. The SMILES string of the molecule is CCCNC(=O)C(C)N1CCCC[C@@H]1C(=O)OC. The van der Waals surface area contributed by atoms with E-state index < -0.39 is 0 Å². The summed E-state index contributed by atoms with van der Waals surface area (Å²) in [4.78, 5) is 25.6. The molecule has 0 aliphatic carbocycles. The Hall–Kier alpha value is -1.10. The Kier molecular flexibility index (Phi) is 6.12. The van der Waals surface area contributed by atoms with E-state index >= 15 is 0 Å². The molecule has 1 fully saturated rings. The van der Waals surface area contributed by atoms with E-state index in [1.165, 1.54) is 7.11 Å². The molecule has 0 bridgehead atoms. The molecule has 2 atom stereocenters. The number of nitrogens with one attached hydrogen (secondary N) is 1. The van der Waals surface area contributed by atoms with E-state index in [0.29, 0.717) is 6.54 Å². The van der Waals surface area contributed by atoms with Gasteiger partial charge in [-0.25, -0.2) is 0 Å². The van der Waals surface area contributed by atoms with Crippen molar-refractivity contribution < 1.29 is 14.3 Å². The van der Waals surface area contributed by atoms with E-state index in [1.54, 1.807) is 0 Å². The van der Waals surface area contributed by atoms with Crippen LogP contribution in [0.3, 0.4) is 0 Å². The Bertz CT molecular complexity index is 294. The second-order valence-electron chi connectivity index (χ2n) is 4.74. The largest absolute Gasteiger partial charge is 0.468 e. The van der Waals surface area contributed by atoms with Crippen LogP contribution in [0.2, 0.25) is 0 Å². The molecule has 5 heteroatoms. The first-order valence-corrected chi connectivity index (χ1v) is 6.73. The molecule has 1 aliphatic heterocycles. The number of piperidine rings is 1. The zero-order valence-corrected chi connectivity index (χ0v) is 11.6. The van der Waals surface area contributed by atoms with Crippen molar-refractivity contribution in [3.05, 3.63) is 0 Å². The van der Waals surface area contributed by atoms with Crippen LogP contribution in [-0.2, 0) is 14.3 Å². The number of hydrogen-bond acceptors (Lipinski definition) is 4. The Morgan fingerprint density at radius 3 is 2.78 bits per heavy atom. The van der Waals surface area contributed by atoms with Gasteiger partial charge in [0.1, 0.15) is 6.04 Å². The van der Waals surface area contributed by atoms with E-state index in [0.717, 1.165) is 32.2 Å². The summed E-state index contributed by atoms with van der Waals surface area (Å²) in [6.07, 6.45) is 3.73. The van der Waals surface area contributed by atoms with Gasteiger partial charge in [-0.15, -0.1) is 0 Å². The number of esters is 1. The molecule has 1 saturated heterocycles. The van der Waals surface area contributed by atoms with Crippen LogP contribution < -0.4 is 5.32 Å². The fourth-order valence-corrected chi connectivity index (χ4v) is 2.35. The second kappa shape index (κ2) is 7.36. The van der Waals surface area contributed by atoms with Crippen LogP contribution in [0.5, 0.6) is 0 Å². The molecule has 104 valence electrons. The molecule has 1 unspecified atom stereocenters. The lowest BCUT2D eigenvalue weighted by Crippen LogP contribution is -2.54. The first-order chi connectivity index (χ1) is 8.61.